The van der Waals surface area contributed by atoms with Crippen LogP contribution in [-0.2, 0) is 10.9 Å². The quantitative estimate of drug-likeness (QED) is 0.442. The molecule has 4 nitrogen and oxygen atoms in total. The summed E-state index contributed by atoms with van der Waals surface area (Å²) >= 11 is 0. The van der Waals surface area contributed by atoms with Gasteiger partial charge in [0.25, 0.3) is 0 Å². The van der Waals surface area contributed by atoms with Crippen LogP contribution in [0, 0.1) is 0 Å². The molecule has 0 spiro atoms. The van der Waals surface area contributed by atoms with Crippen molar-refractivity contribution in [3.8, 4) is 5.75 Å². The van der Waals surface area contributed by atoms with Gasteiger partial charge in [0.1, 0.15) is 16.9 Å². The van der Waals surface area contributed by atoms with Gasteiger partial charge in [0, 0.05) is 5.69 Å². The van der Waals surface area contributed by atoms with Gasteiger partial charge in [-0.1, -0.05) is 0 Å². The van der Waals surface area contributed by atoms with E-state index in [2.05, 4.69) is 4.74 Å². The molecule has 7 heteroatoms. The van der Waals surface area contributed by atoms with Gasteiger partial charge >= 0.3 is 12.1 Å². The molecule has 0 bridgehead atoms. The van der Waals surface area contributed by atoms with Gasteiger partial charge in [-0.15, -0.1) is 0 Å². The van der Waals surface area contributed by atoms with Crippen molar-refractivity contribution in [2.24, 2.45) is 0 Å². The number of carbonyl (C=O) groups excluding carboxylic acids is 1. The summed E-state index contributed by atoms with van der Waals surface area (Å²) in [6, 6.07) is 1.46. The lowest BCUT2D eigenvalue weighted by molar-refractivity contribution is -0.138. The fourth-order valence-electron chi connectivity index (χ4n) is 1.14. The average molecular weight is 235 g/mol. The Hall–Kier alpha value is -1.92. The van der Waals surface area contributed by atoms with E-state index < -0.39 is 29.0 Å². The highest BCUT2D eigenvalue weighted by Gasteiger charge is 2.36. The van der Waals surface area contributed by atoms with Crippen molar-refractivity contribution in [2.75, 3.05) is 12.8 Å². The van der Waals surface area contributed by atoms with Crippen molar-refractivity contribution >= 4 is 11.7 Å². The van der Waals surface area contributed by atoms with Gasteiger partial charge in [-0.3, -0.25) is 0 Å². The van der Waals surface area contributed by atoms with Gasteiger partial charge in [0.2, 0.25) is 0 Å². The molecule has 0 saturated carbocycles. The number of phenols is 1. The minimum atomic E-state index is -4.79. The number of alkyl halides is 3. The summed E-state index contributed by atoms with van der Waals surface area (Å²) in [7, 11) is 0.984. The lowest BCUT2D eigenvalue weighted by atomic mass is 10.1. The first-order valence-corrected chi connectivity index (χ1v) is 4.05. The fourth-order valence-corrected chi connectivity index (χ4v) is 1.14. The van der Waals surface area contributed by atoms with Crippen molar-refractivity contribution < 1.29 is 27.8 Å². The molecule has 1 aromatic carbocycles. The zero-order valence-corrected chi connectivity index (χ0v) is 8.13. The number of methoxy groups -OCH3 is 1. The predicted molar refractivity (Wildman–Crippen MR) is 48.9 cm³/mol. The largest absolute Gasteiger partial charge is 0.506 e. The third-order valence-corrected chi connectivity index (χ3v) is 1.84. The standard InChI is InChI=1S/C9H8F3NO3/c1-16-8(15)5-2-4(13)3-6(7(5)14)9(10,11)12/h2-3,14H,13H2,1H3. The second kappa shape index (κ2) is 3.92. The minimum absolute atomic E-state index is 0.287. The molecule has 1 aromatic rings. The fraction of sp³-hybridized carbons (Fsp3) is 0.222. The number of phenolic OH excluding ortho intramolecular Hbond substituents is 1. The van der Waals surface area contributed by atoms with E-state index in [1.807, 2.05) is 0 Å². The molecular weight excluding hydrogens is 227 g/mol. The molecule has 0 amide bonds. The van der Waals surface area contributed by atoms with Crippen LogP contribution in [0.15, 0.2) is 12.1 Å². The maximum Gasteiger partial charge on any atom is 0.420 e. The van der Waals surface area contributed by atoms with Crippen LogP contribution in [0.1, 0.15) is 15.9 Å². The number of esters is 1. The molecular formula is C9H8F3NO3. The number of benzene rings is 1. The number of hydrogen-bond donors (Lipinski definition) is 2. The molecule has 0 aliphatic carbocycles. The van der Waals surface area contributed by atoms with Gasteiger partial charge in [0.15, 0.2) is 0 Å². The maximum absolute atomic E-state index is 12.4. The molecule has 16 heavy (non-hydrogen) atoms. The van der Waals surface area contributed by atoms with Crippen LogP contribution in [0.2, 0.25) is 0 Å². The van der Waals surface area contributed by atoms with Crippen LogP contribution in [0.5, 0.6) is 5.75 Å². The minimum Gasteiger partial charge on any atom is -0.506 e. The number of carbonyl (C=O) groups is 1. The van der Waals surface area contributed by atoms with E-state index in [-0.39, 0.29) is 5.69 Å². The highest BCUT2D eigenvalue weighted by Crippen LogP contribution is 2.39. The summed E-state index contributed by atoms with van der Waals surface area (Å²) in [5, 5.41) is 9.27. The molecule has 0 fully saturated rings. The van der Waals surface area contributed by atoms with Gasteiger partial charge in [0.05, 0.1) is 7.11 Å². The number of aromatic hydroxyl groups is 1. The van der Waals surface area contributed by atoms with Gasteiger partial charge in [-0.05, 0) is 12.1 Å². The zero-order chi connectivity index (χ0) is 12.5. The van der Waals surface area contributed by atoms with E-state index in [9.17, 15) is 23.1 Å². The third kappa shape index (κ3) is 2.18. The Morgan fingerprint density at radius 2 is 2.00 bits per heavy atom. The number of anilines is 1. The molecule has 0 radical (unpaired) electrons. The van der Waals surface area contributed by atoms with Gasteiger partial charge in [-0.2, -0.15) is 13.2 Å². The van der Waals surface area contributed by atoms with Crippen LogP contribution >= 0.6 is 0 Å². The molecule has 0 saturated heterocycles. The molecule has 0 aromatic heterocycles. The Labute approximate surface area is 88.4 Å². The van der Waals surface area contributed by atoms with Crippen molar-refractivity contribution in [1.29, 1.82) is 0 Å². The number of rotatable bonds is 1. The SMILES string of the molecule is COC(=O)c1cc(N)cc(C(F)(F)F)c1O. The normalized spacial score (nSPS) is 11.2. The second-order valence-corrected chi connectivity index (χ2v) is 2.95. The second-order valence-electron chi connectivity index (χ2n) is 2.95. The molecule has 3 N–H and O–H groups in total. The van der Waals surface area contributed by atoms with E-state index in [0.717, 1.165) is 13.2 Å². The monoisotopic (exact) mass is 235 g/mol. The molecule has 0 atom stereocenters. The summed E-state index contributed by atoms with van der Waals surface area (Å²) < 4.78 is 41.4. The van der Waals surface area contributed by atoms with E-state index in [1.54, 1.807) is 0 Å². The average Bonchev–Trinajstić information content (AvgIpc) is 2.18. The van der Waals surface area contributed by atoms with Crippen LogP contribution < -0.4 is 5.73 Å². The number of ether oxygens (including phenoxy) is 1. The Morgan fingerprint density at radius 3 is 2.44 bits per heavy atom. The molecule has 0 aliphatic heterocycles. The lowest BCUT2D eigenvalue weighted by Crippen LogP contribution is -2.10. The van der Waals surface area contributed by atoms with Gasteiger partial charge in [-0.25, -0.2) is 4.79 Å². The first kappa shape index (κ1) is 12.2. The summed E-state index contributed by atoms with van der Waals surface area (Å²) in [5.41, 5.74) is 2.93. The van der Waals surface area contributed by atoms with Crippen LogP contribution in [0.3, 0.4) is 0 Å². The van der Waals surface area contributed by atoms with Crippen LogP contribution in [-0.4, -0.2) is 18.2 Å². The first-order chi connectivity index (χ1) is 7.27. The molecule has 88 valence electrons. The number of halogens is 3. The zero-order valence-electron chi connectivity index (χ0n) is 8.13. The van der Waals surface area contributed by atoms with Crippen molar-refractivity contribution in [1.82, 2.24) is 0 Å². The predicted octanol–water partition coefficient (Wildman–Crippen LogP) is 1.78. The van der Waals surface area contributed by atoms with Crippen molar-refractivity contribution in [3.63, 3.8) is 0 Å². The molecule has 1 rings (SSSR count). The molecule has 0 aliphatic rings. The maximum atomic E-state index is 12.4. The molecule has 0 unspecified atom stereocenters. The summed E-state index contributed by atoms with van der Waals surface area (Å²) in [4.78, 5) is 11.1. The molecule has 0 heterocycles. The highest BCUT2D eigenvalue weighted by molar-refractivity contribution is 5.94. The van der Waals surface area contributed by atoms with E-state index in [4.69, 9.17) is 5.73 Å². The number of hydrogen-bond acceptors (Lipinski definition) is 4. The smallest absolute Gasteiger partial charge is 0.420 e. The first-order valence-electron chi connectivity index (χ1n) is 4.05. The van der Waals surface area contributed by atoms with Gasteiger partial charge < -0.3 is 15.6 Å². The summed E-state index contributed by atoms with van der Waals surface area (Å²) in [5.74, 6) is -2.27. The third-order valence-electron chi connectivity index (χ3n) is 1.84. The van der Waals surface area contributed by atoms with Crippen LogP contribution in [0.4, 0.5) is 18.9 Å². The lowest BCUT2D eigenvalue weighted by Gasteiger charge is -2.12. The Bertz CT molecular complexity index is 429. The Balaban J connectivity index is 3.44. The highest BCUT2D eigenvalue weighted by atomic mass is 19.4. The Morgan fingerprint density at radius 1 is 1.44 bits per heavy atom. The number of nitrogens with two attached hydrogens (primary N) is 1. The van der Waals surface area contributed by atoms with Crippen molar-refractivity contribution in [2.45, 2.75) is 6.18 Å². The topological polar surface area (TPSA) is 72.5 Å². The van der Waals surface area contributed by atoms with E-state index >= 15 is 0 Å². The van der Waals surface area contributed by atoms with E-state index in [0.29, 0.717) is 6.07 Å². The summed E-state index contributed by atoms with van der Waals surface area (Å²) in [6.07, 6.45) is -4.79. The van der Waals surface area contributed by atoms with Crippen molar-refractivity contribution in [3.05, 3.63) is 23.3 Å². The Kier molecular flexibility index (Phi) is 2.97. The number of nitrogen functional groups attached to an aromatic ring is 1. The summed E-state index contributed by atoms with van der Waals surface area (Å²) in [6.45, 7) is 0. The van der Waals surface area contributed by atoms with E-state index in [1.165, 1.54) is 0 Å². The van der Waals surface area contributed by atoms with Crippen LogP contribution in [0.25, 0.3) is 0 Å².